The molecule has 0 aliphatic carbocycles. The second kappa shape index (κ2) is 6.85. The van der Waals surface area contributed by atoms with E-state index in [1.165, 1.54) is 18.4 Å². The molecule has 1 rings (SSSR count). The molecule has 0 fully saturated rings. The van der Waals surface area contributed by atoms with Crippen LogP contribution in [-0.4, -0.2) is 11.2 Å². The predicted octanol–water partition coefficient (Wildman–Crippen LogP) is 2.30. The Kier molecular flexibility index (Phi) is 5.36. The quantitative estimate of drug-likeness (QED) is 0.647. The van der Waals surface area contributed by atoms with Crippen LogP contribution in [0.5, 0.6) is 0 Å². The summed E-state index contributed by atoms with van der Waals surface area (Å²) in [5.74, 6) is 0. The Morgan fingerprint density at radius 1 is 1.38 bits per heavy atom. The minimum Gasteiger partial charge on any atom is -0.464 e. The summed E-state index contributed by atoms with van der Waals surface area (Å²) >= 11 is 0. The molecule has 4 heteroatoms. The number of carboxylic acid groups (broad SMARTS) is 1. The van der Waals surface area contributed by atoms with Gasteiger partial charge in [-0.1, -0.05) is 37.6 Å². The van der Waals surface area contributed by atoms with Gasteiger partial charge in [0.25, 0.3) is 0 Å². The van der Waals surface area contributed by atoms with Crippen molar-refractivity contribution < 1.29 is 9.90 Å². The third-order valence-electron chi connectivity index (χ3n) is 2.30. The molecule has 88 valence electrons. The number of hydrogen-bond acceptors (Lipinski definition) is 2. The van der Waals surface area contributed by atoms with Crippen LogP contribution in [0.4, 0.5) is 4.79 Å². The third-order valence-corrected chi connectivity index (χ3v) is 2.30. The molecule has 0 spiro atoms. The first-order chi connectivity index (χ1) is 7.72. The second-order valence-electron chi connectivity index (χ2n) is 3.71. The van der Waals surface area contributed by atoms with Gasteiger partial charge in [0, 0.05) is 6.54 Å². The summed E-state index contributed by atoms with van der Waals surface area (Å²) in [4.78, 5) is 10.2. The number of nitrogens with one attached hydrogen (secondary N) is 2. The summed E-state index contributed by atoms with van der Waals surface area (Å²) in [6.45, 7) is 2.68. The summed E-state index contributed by atoms with van der Waals surface area (Å²) < 4.78 is 0. The first-order valence-electron chi connectivity index (χ1n) is 5.52. The lowest BCUT2D eigenvalue weighted by molar-refractivity contribution is 0.189. The number of hydrogen-bond donors (Lipinski definition) is 3. The van der Waals surface area contributed by atoms with Gasteiger partial charge in [-0.3, -0.25) is 5.43 Å². The minimum absolute atomic E-state index is 0.506. The van der Waals surface area contributed by atoms with Crippen LogP contribution in [0.1, 0.15) is 30.9 Å². The van der Waals surface area contributed by atoms with Crippen LogP contribution < -0.4 is 10.9 Å². The molecule has 0 aliphatic rings. The van der Waals surface area contributed by atoms with Gasteiger partial charge >= 0.3 is 6.09 Å². The highest BCUT2D eigenvalue weighted by molar-refractivity contribution is 5.63. The van der Waals surface area contributed by atoms with Crippen LogP contribution in [0.15, 0.2) is 24.3 Å². The number of rotatable bonds is 6. The van der Waals surface area contributed by atoms with Crippen molar-refractivity contribution in [2.75, 3.05) is 0 Å². The Morgan fingerprint density at radius 3 is 2.81 bits per heavy atom. The van der Waals surface area contributed by atoms with Crippen LogP contribution in [0.3, 0.4) is 0 Å². The fourth-order valence-corrected chi connectivity index (χ4v) is 1.50. The average molecular weight is 222 g/mol. The zero-order valence-electron chi connectivity index (χ0n) is 9.49. The molecule has 0 aliphatic heterocycles. The number of carbonyl (C=O) groups is 1. The maximum absolute atomic E-state index is 10.2. The summed E-state index contributed by atoms with van der Waals surface area (Å²) in [6.07, 6.45) is 2.38. The normalized spacial score (nSPS) is 10.1. The molecule has 0 atom stereocenters. The van der Waals surface area contributed by atoms with Gasteiger partial charge in [-0.25, -0.2) is 10.2 Å². The Bertz CT molecular complexity index is 340. The lowest BCUT2D eigenvalue weighted by atomic mass is 10.1. The van der Waals surface area contributed by atoms with E-state index in [1.54, 1.807) is 0 Å². The average Bonchev–Trinajstić information content (AvgIpc) is 2.26. The molecule has 16 heavy (non-hydrogen) atoms. The monoisotopic (exact) mass is 222 g/mol. The molecule has 0 heterocycles. The van der Waals surface area contributed by atoms with Crippen molar-refractivity contribution in [1.29, 1.82) is 0 Å². The number of hydrazine groups is 1. The van der Waals surface area contributed by atoms with E-state index in [0.29, 0.717) is 6.54 Å². The summed E-state index contributed by atoms with van der Waals surface area (Å²) in [5, 5.41) is 8.39. The molecule has 4 nitrogen and oxygen atoms in total. The Morgan fingerprint density at radius 2 is 2.12 bits per heavy atom. The number of aryl methyl sites for hydroxylation is 1. The largest absolute Gasteiger partial charge is 0.464 e. The molecular weight excluding hydrogens is 204 g/mol. The van der Waals surface area contributed by atoms with Crippen molar-refractivity contribution in [3.8, 4) is 0 Å². The van der Waals surface area contributed by atoms with Gasteiger partial charge in [-0.05, 0) is 24.0 Å². The van der Waals surface area contributed by atoms with E-state index in [4.69, 9.17) is 5.11 Å². The molecule has 0 unspecified atom stereocenters. The fraction of sp³-hybridized carbons (Fsp3) is 0.417. The van der Waals surface area contributed by atoms with Crippen LogP contribution in [-0.2, 0) is 13.0 Å². The van der Waals surface area contributed by atoms with E-state index < -0.39 is 6.09 Å². The van der Waals surface area contributed by atoms with Crippen LogP contribution in [0.25, 0.3) is 0 Å². The van der Waals surface area contributed by atoms with Gasteiger partial charge in [0.05, 0.1) is 0 Å². The molecule has 0 saturated carbocycles. The summed E-state index contributed by atoms with van der Waals surface area (Å²) in [5.41, 5.74) is 7.15. The first-order valence-corrected chi connectivity index (χ1v) is 5.52. The maximum atomic E-state index is 10.2. The van der Waals surface area contributed by atoms with E-state index in [0.717, 1.165) is 12.0 Å². The topological polar surface area (TPSA) is 61.4 Å². The molecule has 1 aromatic rings. The van der Waals surface area contributed by atoms with Crippen LogP contribution in [0.2, 0.25) is 0 Å². The summed E-state index contributed by atoms with van der Waals surface area (Å²) in [6, 6.07) is 8.19. The van der Waals surface area contributed by atoms with E-state index in [-0.39, 0.29) is 0 Å². The van der Waals surface area contributed by atoms with Gasteiger partial charge < -0.3 is 5.11 Å². The highest BCUT2D eigenvalue weighted by atomic mass is 16.4. The first kappa shape index (κ1) is 12.5. The minimum atomic E-state index is -1.07. The maximum Gasteiger partial charge on any atom is 0.419 e. The van der Waals surface area contributed by atoms with Gasteiger partial charge in [-0.2, -0.15) is 0 Å². The van der Waals surface area contributed by atoms with E-state index in [2.05, 4.69) is 29.9 Å². The Labute approximate surface area is 95.6 Å². The SMILES string of the molecule is CCCCc1cccc(CNNC(=O)O)c1. The predicted molar refractivity (Wildman–Crippen MR) is 63.1 cm³/mol. The van der Waals surface area contributed by atoms with E-state index >= 15 is 0 Å². The molecule has 0 aromatic heterocycles. The molecule has 0 saturated heterocycles. The van der Waals surface area contributed by atoms with Crippen LogP contribution >= 0.6 is 0 Å². The van der Waals surface area contributed by atoms with Crippen molar-refractivity contribution in [1.82, 2.24) is 10.9 Å². The number of unbranched alkanes of at least 4 members (excludes halogenated alkanes) is 1. The number of benzene rings is 1. The molecule has 0 bridgehead atoms. The molecule has 0 radical (unpaired) electrons. The van der Waals surface area contributed by atoms with Gasteiger partial charge in [0.2, 0.25) is 0 Å². The zero-order valence-corrected chi connectivity index (χ0v) is 9.49. The molecule has 1 aromatic carbocycles. The second-order valence-corrected chi connectivity index (χ2v) is 3.71. The molecule has 1 amide bonds. The standard InChI is InChI=1S/C12H18N2O2/c1-2-3-5-10-6-4-7-11(8-10)9-13-14-12(15)16/h4,6-8,13-14H,2-3,5,9H2,1H3,(H,15,16). The van der Waals surface area contributed by atoms with Crippen molar-refractivity contribution in [2.45, 2.75) is 32.7 Å². The highest BCUT2D eigenvalue weighted by Crippen LogP contribution is 2.08. The van der Waals surface area contributed by atoms with Crippen molar-refractivity contribution in [3.05, 3.63) is 35.4 Å². The van der Waals surface area contributed by atoms with Crippen molar-refractivity contribution >= 4 is 6.09 Å². The highest BCUT2D eigenvalue weighted by Gasteiger charge is 1.97. The Balaban J connectivity index is 2.43. The Hall–Kier alpha value is -1.55. The summed E-state index contributed by atoms with van der Waals surface area (Å²) in [7, 11) is 0. The third kappa shape index (κ3) is 4.79. The molecule has 3 N–H and O–H groups in total. The lowest BCUT2D eigenvalue weighted by Crippen LogP contribution is -2.35. The van der Waals surface area contributed by atoms with Crippen molar-refractivity contribution in [3.63, 3.8) is 0 Å². The fourth-order valence-electron chi connectivity index (χ4n) is 1.50. The van der Waals surface area contributed by atoms with E-state index in [9.17, 15) is 4.79 Å². The van der Waals surface area contributed by atoms with Gasteiger partial charge in [0.15, 0.2) is 0 Å². The van der Waals surface area contributed by atoms with Gasteiger partial charge in [-0.15, -0.1) is 0 Å². The number of amides is 1. The lowest BCUT2D eigenvalue weighted by Gasteiger charge is -2.06. The van der Waals surface area contributed by atoms with Crippen LogP contribution in [0, 0.1) is 0 Å². The zero-order chi connectivity index (χ0) is 11.8. The molecular formula is C12H18N2O2. The van der Waals surface area contributed by atoms with Crippen molar-refractivity contribution in [2.24, 2.45) is 0 Å². The van der Waals surface area contributed by atoms with Gasteiger partial charge in [0.1, 0.15) is 0 Å². The van der Waals surface area contributed by atoms with E-state index in [1.807, 2.05) is 12.1 Å². The smallest absolute Gasteiger partial charge is 0.419 e.